The van der Waals surface area contributed by atoms with E-state index in [1.165, 1.54) is 24.5 Å². The first-order valence-corrected chi connectivity index (χ1v) is 12.8. The molecule has 7 rings (SSSR count). The van der Waals surface area contributed by atoms with E-state index in [2.05, 4.69) is 20.2 Å². The van der Waals surface area contributed by atoms with Crippen LogP contribution in [0.1, 0.15) is 41.2 Å². The number of halogens is 2. The van der Waals surface area contributed by atoms with Crippen LogP contribution in [0.25, 0.3) is 33.9 Å². The van der Waals surface area contributed by atoms with Gasteiger partial charge in [-0.3, -0.25) is 14.9 Å². The van der Waals surface area contributed by atoms with Gasteiger partial charge in [-0.2, -0.15) is 5.10 Å². The SMILES string of the molecule is O=C1c2cc(F)ccc2CN1[C@H]1CCC[C@@H](n2c(-c3ccccc3F)nc3cnc(-c4ncn[nH]4)cc32)[C@@H]1O. The lowest BCUT2D eigenvalue weighted by molar-refractivity contribution is -0.00652. The highest BCUT2D eigenvalue weighted by atomic mass is 19.1. The molecule has 2 aliphatic rings. The number of amides is 1. The van der Waals surface area contributed by atoms with Gasteiger partial charge in [-0.15, -0.1) is 0 Å². The predicted molar refractivity (Wildman–Crippen MR) is 137 cm³/mol. The van der Waals surface area contributed by atoms with Gasteiger partial charge in [0.2, 0.25) is 0 Å². The van der Waals surface area contributed by atoms with E-state index in [4.69, 9.17) is 4.98 Å². The van der Waals surface area contributed by atoms with Gasteiger partial charge in [0.1, 0.15) is 35.0 Å². The van der Waals surface area contributed by atoms with E-state index in [-0.39, 0.29) is 5.91 Å². The van der Waals surface area contributed by atoms with Gasteiger partial charge in [0.15, 0.2) is 5.82 Å². The Hall–Kier alpha value is -4.51. The monoisotopic (exact) mass is 527 g/mol. The maximum atomic E-state index is 15.1. The van der Waals surface area contributed by atoms with Crippen LogP contribution in [0.4, 0.5) is 8.78 Å². The van der Waals surface area contributed by atoms with Crippen molar-refractivity contribution in [3.8, 4) is 22.9 Å². The zero-order chi connectivity index (χ0) is 26.7. The molecule has 9 nitrogen and oxygen atoms in total. The fourth-order valence-electron chi connectivity index (χ4n) is 5.94. The number of aliphatic hydroxyl groups is 1. The number of nitrogens with zero attached hydrogens (tertiary/aromatic N) is 6. The Kier molecular flexibility index (Phi) is 5.48. The summed E-state index contributed by atoms with van der Waals surface area (Å²) in [7, 11) is 0. The van der Waals surface area contributed by atoms with Crippen molar-refractivity contribution < 1.29 is 18.7 Å². The number of aromatic nitrogens is 6. The molecule has 3 atom stereocenters. The van der Waals surface area contributed by atoms with Crippen LogP contribution in [0.15, 0.2) is 61.1 Å². The number of rotatable bonds is 4. The van der Waals surface area contributed by atoms with Crippen molar-refractivity contribution in [2.24, 2.45) is 0 Å². The van der Waals surface area contributed by atoms with Gasteiger partial charge in [0.05, 0.1) is 35.5 Å². The Morgan fingerprint density at radius 2 is 1.85 bits per heavy atom. The highest BCUT2D eigenvalue weighted by molar-refractivity contribution is 5.98. The van der Waals surface area contributed by atoms with Crippen molar-refractivity contribution >= 4 is 16.9 Å². The number of carbonyl (C=O) groups is 1. The molecule has 0 bridgehead atoms. The maximum Gasteiger partial charge on any atom is 0.254 e. The number of aromatic amines is 1. The van der Waals surface area contributed by atoms with E-state index >= 15 is 4.39 Å². The standard InChI is InChI=1S/C28H23F2N7O2/c29-16-9-8-15-13-36(28(39)18(15)10-16)22-6-3-7-23(25(22)38)37-24-11-20(26-32-14-33-35-26)31-12-21(24)34-27(37)17-4-1-2-5-19(17)30/h1-2,4-5,8-12,14,22-23,25,38H,3,6-7,13H2,(H,32,33,35)/t22-,23+,25+/m0/s1. The molecule has 2 N–H and O–H groups in total. The van der Waals surface area contributed by atoms with Gasteiger partial charge in [0, 0.05) is 12.1 Å². The maximum absolute atomic E-state index is 15.1. The molecule has 1 aliphatic heterocycles. The highest BCUT2D eigenvalue weighted by Gasteiger charge is 2.42. The van der Waals surface area contributed by atoms with Crippen LogP contribution >= 0.6 is 0 Å². The minimum absolute atomic E-state index is 0.296. The molecule has 39 heavy (non-hydrogen) atoms. The Labute approximate surface area is 221 Å². The molecule has 0 spiro atoms. The van der Waals surface area contributed by atoms with E-state index in [9.17, 15) is 14.3 Å². The topological polar surface area (TPSA) is 113 Å². The number of pyridine rings is 1. The third-order valence-electron chi connectivity index (χ3n) is 7.77. The van der Waals surface area contributed by atoms with Crippen molar-refractivity contribution in [1.82, 2.24) is 34.6 Å². The molecule has 2 aromatic carbocycles. The minimum atomic E-state index is -0.980. The number of H-pyrrole nitrogens is 1. The molecule has 4 heterocycles. The summed E-state index contributed by atoms with van der Waals surface area (Å²) < 4.78 is 30.8. The fourth-order valence-corrected chi connectivity index (χ4v) is 5.94. The summed E-state index contributed by atoms with van der Waals surface area (Å²) >= 11 is 0. The van der Waals surface area contributed by atoms with Gasteiger partial charge in [0.25, 0.3) is 5.91 Å². The smallest absolute Gasteiger partial charge is 0.254 e. The lowest BCUT2D eigenvalue weighted by Gasteiger charge is -2.41. The summed E-state index contributed by atoms with van der Waals surface area (Å²) in [5, 5.41) is 18.5. The van der Waals surface area contributed by atoms with Crippen LogP contribution in [0.5, 0.6) is 0 Å². The third kappa shape index (κ3) is 3.80. The second-order valence-corrected chi connectivity index (χ2v) is 9.97. The Morgan fingerprint density at radius 1 is 1.00 bits per heavy atom. The summed E-state index contributed by atoms with van der Waals surface area (Å²) in [6.45, 7) is 0.299. The molecule has 1 aliphatic carbocycles. The summed E-state index contributed by atoms with van der Waals surface area (Å²) in [5.41, 5.74) is 3.06. The van der Waals surface area contributed by atoms with Gasteiger partial charge >= 0.3 is 0 Å². The fraction of sp³-hybridized carbons (Fsp3) is 0.250. The Balaban J connectivity index is 1.34. The molecule has 0 radical (unpaired) electrons. The number of nitrogens with one attached hydrogen (secondary N) is 1. The van der Waals surface area contributed by atoms with Crippen molar-refractivity contribution in [1.29, 1.82) is 0 Å². The first-order chi connectivity index (χ1) is 19.0. The highest BCUT2D eigenvalue weighted by Crippen LogP contribution is 2.40. The number of benzene rings is 2. The van der Waals surface area contributed by atoms with E-state index in [1.807, 2.05) is 4.57 Å². The Morgan fingerprint density at radius 3 is 2.67 bits per heavy atom. The van der Waals surface area contributed by atoms with Gasteiger partial charge in [-0.25, -0.2) is 18.7 Å². The Bertz CT molecular complexity index is 1720. The third-order valence-corrected chi connectivity index (χ3v) is 7.77. The zero-order valence-electron chi connectivity index (χ0n) is 20.6. The van der Waals surface area contributed by atoms with Crippen molar-refractivity contribution in [2.75, 3.05) is 0 Å². The summed E-state index contributed by atoms with van der Waals surface area (Å²) in [4.78, 5) is 28.3. The molecule has 1 saturated carbocycles. The van der Waals surface area contributed by atoms with Crippen LogP contribution in [-0.4, -0.2) is 57.8 Å². The number of hydrogen-bond donors (Lipinski definition) is 2. The molecular formula is C28H23F2N7O2. The first kappa shape index (κ1) is 23.6. The van der Waals surface area contributed by atoms with Crippen LogP contribution in [0, 0.1) is 11.6 Å². The molecule has 1 amide bonds. The van der Waals surface area contributed by atoms with Crippen molar-refractivity contribution in [3.63, 3.8) is 0 Å². The predicted octanol–water partition coefficient (Wildman–Crippen LogP) is 4.27. The largest absolute Gasteiger partial charge is 0.389 e. The zero-order valence-corrected chi connectivity index (χ0v) is 20.6. The quantitative estimate of drug-likeness (QED) is 0.361. The molecular weight excluding hydrogens is 504 g/mol. The summed E-state index contributed by atoms with van der Waals surface area (Å²) in [5.74, 6) is -0.377. The van der Waals surface area contributed by atoms with Crippen LogP contribution in [0.2, 0.25) is 0 Å². The number of aliphatic hydroxyl groups excluding tert-OH is 1. The molecule has 11 heteroatoms. The molecule has 196 valence electrons. The van der Waals surface area contributed by atoms with E-state index in [0.717, 1.165) is 12.0 Å². The minimum Gasteiger partial charge on any atom is -0.389 e. The van der Waals surface area contributed by atoms with Crippen molar-refractivity contribution in [3.05, 3.63) is 83.8 Å². The number of fused-ring (bicyclic) bond motifs is 2. The van der Waals surface area contributed by atoms with Gasteiger partial charge in [-0.05, 0) is 55.2 Å². The van der Waals surface area contributed by atoms with Crippen LogP contribution in [-0.2, 0) is 6.54 Å². The second kappa shape index (κ2) is 9.05. The molecule has 3 aromatic heterocycles. The average molecular weight is 528 g/mol. The van der Waals surface area contributed by atoms with Gasteiger partial charge in [-0.1, -0.05) is 18.2 Å². The lowest BCUT2D eigenvalue weighted by atomic mass is 9.86. The first-order valence-electron chi connectivity index (χ1n) is 12.8. The van der Waals surface area contributed by atoms with E-state index in [1.54, 1.807) is 41.4 Å². The van der Waals surface area contributed by atoms with Crippen LogP contribution < -0.4 is 0 Å². The van der Waals surface area contributed by atoms with E-state index < -0.39 is 29.8 Å². The molecule has 0 unspecified atom stereocenters. The average Bonchev–Trinajstić information content (AvgIpc) is 3.67. The molecule has 5 aromatic rings. The summed E-state index contributed by atoms with van der Waals surface area (Å²) in [6.07, 6.45) is 3.90. The number of hydrogen-bond acceptors (Lipinski definition) is 6. The lowest BCUT2D eigenvalue weighted by Crippen LogP contribution is -2.49. The normalized spacial score (nSPS) is 21.1. The summed E-state index contributed by atoms with van der Waals surface area (Å²) in [6, 6.07) is 11.4. The number of imidazole rings is 1. The molecule has 0 saturated heterocycles. The van der Waals surface area contributed by atoms with E-state index in [0.29, 0.717) is 58.9 Å². The van der Waals surface area contributed by atoms with Gasteiger partial charge < -0.3 is 14.6 Å². The molecule has 1 fully saturated rings. The van der Waals surface area contributed by atoms with Crippen molar-refractivity contribution in [2.45, 2.75) is 44.0 Å². The van der Waals surface area contributed by atoms with Crippen LogP contribution in [0.3, 0.4) is 0 Å². The second-order valence-electron chi connectivity index (χ2n) is 9.97. The number of carbonyl (C=O) groups excluding carboxylic acids is 1.